The van der Waals surface area contributed by atoms with Crippen molar-refractivity contribution in [2.24, 2.45) is 17.6 Å². The summed E-state index contributed by atoms with van der Waals surface area (Å²) in [4.78, 5) is 14.1. The molecule has 3 nitrogen and oxygen atoms in total. The molecule has 1 aliphatic heterocycles. The van der Waals surface area contributed by atoms with Gasteiger partial charge >= 0.3 is 0 Å². The van der Waals surface area contributed by atoms with Crippen molar-refractivity contribution in [3.8, 4) is 0 Å². The Labute approximate surface area is 120 Å². The zero-order chi connectivity index (χ0) is 14.7. The van der Waals surface area contributed by atoms with Gasteiger partial charge in [-0.25, -0.2) is 4.39 Å². The smallest absolute Gasteiger partial charge is 0.227 e. The minimum absolute atomic E-state index is 0.0606. The van der Waals surface area contributed by atoms with Gasteiger partial charge in [-0.3, -0.25) is 4.79 Å². The van der Waals surface area contributed by atoms with Gasteiger partial charge in [0.1, 0.15) is 5.82 Å². The molecular formula is C16H23FN2O. The molecule has 2 N–H and O–H groups in total. The third-order valence-corrected chi connectivity index (χ3v) is 3.85. The number of rotatable bonds is 5. The molecule has 1 aromatic rings. The summed E-state index contributed by atoms with van der Waals surface area (Å²) >= 11 is 0. The van der Waals surface area contributed by atoms with Crippen LogP contribution < -0.4 is 10.6 Å². The summed E-state index contributed by atoms with van der Waals surface area (Å²) < 4.78 is 13.3. The summed E-state index contributed by atoms with van der Waals surface area (Å²) in [5.74, 6) is 0.506. The summed E-state index contributed by atoms with van der Waals surface area (Å²) in [6, 6.07) is 4.68. The first-order chi connectivity index (χ1) is 9.51. The van der Waals surface area contributed by atoms with E-state index in [4.69, 9.17) is 5.73 Å². The SMILES string of the molecule is CC(C)C[C@H](CN)CC(=O)N1CCc2ccc(F)cc21. The van der Waals surface area contributed by atoms with E-state index in [1.807, 2.05) is 0 Å². The summed E-state index contributed by atoms with van der Waals surface area (Å²) in [6.45, 7) is 5.44. The second-order valence-electron chi connectivity index (χ2n) is 6.00. The molecule has 0 unspecified atom stereocenters. The van der Waals surface area contributed by atoms with E-state index in [9.17, 15) is 9.18 Å². The molecule has 2 rings (SSSR count). The van der Waals surface area contributed by atoms with E-state index in [0.29, 0.717) is 25.4 Å². The maximum atomic E-state index is 13.3. The van der Waals surface area contributed by atoms with Crippen molar-refractivity contribution in [3.63, 3.8) is 0 Å². The molecule has 1 heterocycles. The maximum Gasteiger partial charge on any atom is 0.227 e. The average Bonchev–Trinajstić information content (AvgIpc) is 2.80. The minimum atomic E-state index is -0.291. The number of hydrogen-bond acceptors (Lipinski definition) is 2. The van der Waals surface area contributed by atoms with Crippen molar-refractivity contribution >= 4 is 11.6 Å². The molecule has 0 aromatic heterocycles. The van der Waals surface area contributed by atoms with Crippen LogP contribution in [0.3, 0.4) is 0 Å². The van der Waals surface area contributed by atoms with Crippen LogP contribution in [-0.2, 0) is 11.2 Å². The highest BCUT2D eigenvalue weighted by atomic mass is 19.1. The van der Waals surface area contributed by atoms with Crippen molar-refractivity contribution in [2.45, 2.75) is 33.1 Å². The van der Waals surface area contributed by atoms with Gasteiger partial charge in [-0.05, 0) is 48.9 Å². The van der Waals surface area contributed by atoms with E-state index in [-0.39, 0.29) is 17.6 Å². The number of halogens is 1. The fourth-order valence-electron chi connectivity index (χ4n) is 2.90. The highest BCUT2D eigenvalue weighted by molar-refractivity contribution is 5.95. The molecule has 20 heavy (non-hydrogen) atoms. The Balaban J connectivity index is 2.06. The van der Waals surface area contributed by atoms with Crippen molar-refractivity contribution in [1.29, 1.82) is 0 Å². The summed E-state index contributed by atoms with van der Waals surface area (Å²) in [7, 11) is 0. The summed E-state index contributed by atoms with van der Waals surface area (Å²) in [6.07, 6.45) is 2.20. The van der Waals surface area contributed by atoms with Gasteiger partial charge in [0, 0.05) is 18.7 Å². The monoisotopic (exact) mass is 278 g/mol. The van der Waals surface area contributed by atoms with Gasteiger partial charge in [0.05, 0.1) is 0 Å². The second-order valence-corrected chi connectivity index (χ2v) is 6.00. The first kappa shape index (κ1) is 15.0. The molecule has 0 saturated carbocycles. The summed E-state index contributed by atoms with van der Waals surface area (Å²) in [5.41, 5.74) is 7.54. The molecule has 1 aliphatic rings. The minimum Gasteiger partial charge on any atom is -0.330 e. The van der Waals surface area contributed by atoms with E-state index >= 15 is 0 Å². The average molecular weight is 278 g/mol. The number of carbonyl (C=O) groups excluding carboxylic acids is 1. The van der Waals surface area contributed by atoms with Crippen LogP contribution in [0.4, 0.5) is 10.1 Å². The Kier molecular flexibility index (Phi) is 4.76. The van der Waals surface area contributed by atoms with Crippen LogP contribution in [0.1, 0.15) is 32.3 Å². The van der Waals surface area contributed by atoms with Crippen LogP contribution in [0.15, 0.2) is 18.2 Å². The number of amides is 1. The molecule has 1 aromatic carbocycles. The predicted octanol–water partition coefficient (Wildman–Crippen LogP) is 2.73. The van der Waals surface area contributed by atoms with Crippen molar-refractivity contribution < 1.29 is 9.18 Å². The maximum absolute atomic E-state index is 13.3. The standard InChI is InChI=1S/C16H23FN2O/c1-11(2)7-12(10-18)8-16(20)19-6-5-13-3-4-14(17)9-15(13)19/h3-4,9,11-12H,5-8,10,18H2,1-2H3/t12-/m0/s1. The Bertz CT molecular complexity index is 487. The predicted molar refractivity (Wildman–Crippen MR) is 79.1 cm³/mol. The van der Waals surface area contributed by atoms with Crippen molar-refractivity contribution in [3.05, 3.63) is 29.6 Å². The van der Waals surface area contributed by atoms with Crippen LogP contribution in [0.5, 0.6) is 0 Å². The Morgan fingerprint density at radius 1 is 1.45 bits per heavy atom. The van der Waals surface area contributed by atoms with Crippen molar-refractivity contribution in [2.75, 3.05) is 18.0 Å². The first-order valence-corrected chi connectivity index (χ1v) is 7.30. The Morgan fingerprint density at radius 2 is 2.20 bits per heavy atom. The Hall–Kier alpha value is -1.42. The number of hydrogen-bond donors (Lipinski definition) is 1. The molecular weight excluding hydrogens is 255 g/mol. The van der Waals surface area contributed by atoms with E-state index in [1.54, 1.807) is 11.0 Å². The zero-order valence-corrected chi connectivity index (χ0v) is 12.2. The van der Waals surface area contributed by atoms with Gasteiger partial charge in [0.2, 0.25) is 5.91 Å². The van der Waals surface area contributed by atoms with Crippen LogP contribution in [0, 0.1) is 17.7 Å². The third-order valence-electron chi connectivity index (χ3n) is 3.85. The molecule has 0 radical (unpaired) electrons. The molecule has 110 valence electrons. The zero-order valence-electron chi connectivity index (χ0n) is 12.2. The quantitative estimate of drug-likeness (QED) is 0.900. The third kappa shape index (κ3) is 3.37. The lowest BCUT2D eigenvalue weighted by atomic mass is 9.94. The van der Waals surface area contributed by atoms with Gasteiger partial charge in [0.15, 0.2) is 0 Å². The van der Waals surface area contributed by atoms with Crippen LogP contribution in [0.25, 0.3) is 0 Å². The van der Waals surface area contributed by atoms with E-state index in [0.717, 1.165) is 24.1 Å². The highest BCUT2D eigenvalue weighted by Gasteiger charge is 2.26. The lowest BCUT2D eigenvalue weighted by molar-refractivity contribution is -0.119. The molecule has 0 spiro atoms. The Morgan fingerprint density at radius 3 is 2.85 bits per heavy atom. The largest absolute Gasteiger partial charge is 0.330 e. The van der Waals surface area contributed by atoms with Crippen molar-refractivity contribution in [1.82, 2.24) is 0 Å². The lowest BCUT2D eigenvalue weighted by Crippen LogP contribution is -2.32. The van der Waals surface area contributed by atoms with Crippen LogP contribution in [0.2, 0.25) is 0 Å². The highest BCUT2D eigenvalue weighted by Crippen LogP contribution is 2.30. The van der Waals surface area contributed by atoms with E-state index in [1.165, 1.54) is 12.1 Å². The molecule has 4 heteroatoms. The number of benzene rings is 1. The topological polar surface area (TPSA) is 46.3 Å². The number of nitrogens with two attached hydrogens (primary N) is 1. The normalized spacial score (nSPS) is 15.6. The fraction of sp³-hybridized carbons (Fsp3) is 0.562. The molecule has 0 aliphatic carbocycles. The van der Waals surface area contributed by atoms with Crippen LogP contribution in [-0.4, -0.2) is 19.0 Å². The molecule has 0 saturated heterocycles. The van der Waals surface area contributed by atoms with Crippen LogP contribution >= 0.6 is 0 Å². The first-order valence-electron chi connectivity index (χ1n) is 7.30. The van der Waals surface area contributed by atoms with Gasteiger partial charge in [-0.2, -0.15) is 0 Å². The van der Waals surface area contributed by atoms with Gasteiger partial charge < -0.3 is 10.6 Å². The van der Waals surface area contributed by atoms with E-state index < -0.39 is 0 Å². The number of carbonyl (C=O) groups is 1. The summed E-state index contributed by atoms with van der Waals surface area (Å²) in [5, 5.41) is 0. The fourth-order valence-corrected chi connectivity index (χ4v) is 2.90. The van der Waals surface area contributed by atoms with Gasteiger partial charge in [0.25, 0.3) is 0 Å². The molecule has 1 atom stereocenters. The number of nitrogens with zero attached hydrogens (tertiary/aromatic N) is 1. The lowest BCUT2D eigenvalue weighted by Gasteiger charge is -2.22. The molecule has 0 fully saturated rings. The van der Waals surface area contributed by atoms with Gasteiger partial charge in [-0.1, -0.05) is 19.9 Å². The number of anilines is 1. The van der Waals surface area contributed by atoms with E-state index in [2.05, 4.69) is 13.8 Å². The van der Waals surface area contributed by atoms with Gasteiger partial charge in [-0.15, -0.1) is 0 Å². The number of fused-ring (bicyclic) bond motifs is 1. The molecule has 1 amide bonds. The molecule has 0 bridgehead atoms. The second kappa shape index (κ2) is 6.35.